The standard InChI is InChI=1S/C11H7Cl2FS/c12-9-4-5-15-11(9)10(13)7-2-1-3-8(14)6-7/h1-6,10H. The van der Waals surface area contributed by atoms with Crippen LogP contribution in [0.2, 0.25) is 5.02 Å². The summed E-state index contributed by atoms with van der Waals surface area (Å²) in [6.45, 7) is 0. The highest BCUT2D eigenvalue weighted by atomic mass is 35.5. The Balaban J connectivity index is 2.36. The molecule has 0 amide bonds. The van der Waals surface area contributed by atoms with Crippen molar-refractivity contribution in [2.75, 3.05) is 0 Å². The van der Waals surface area contributed by atoms with Gasteiger partial charge in [-0.25, -0.2) is 4.39 Å². The summed E-state index contributed by atoms with van der Waals surface area (Å²) in [5.41, 5.74) is 0.723. The summed E-state index contributed by atoms with van der Waals surface area (Å²) in [4.78, 5) is 0.851. The fourth-order valence-corrected chi connectivity index (χ4v) is 2.93. The third-order valence-electron chi connectivity index (χ3n) is 2.02. The third-order valence-corrected chi connectivity index (χ3v) is 4.04. The Hall–Kier alpha value is -0.570. The van der Waals surface area contributed by atoms with Crippen LogP contribution in [0.5, 0.6) is 0 Å². The number of alkyl halides is 1. The van der Waals surface area contributed by atoms with Gasteiger partial charge in [-0.15, -0.1) is 22.9 Å². The van der Waals surface area contributed by atoms with E-state index in [1.807, 2.05) is 5.38 Å². The molecule has 0 aliphatic heterocycles. The van der Waals surface area contributed by atoms with Crippen LogP contribution in [0.1, 0.15) is 15.8 Å². The molecule has 15 heavy (non-hydrogen) atoms. The van der Waals surface area contributed by atoms with Crippen LogP contribution in [-0.2, 0) is 0 Å². The minimum Gasteiger partial charge on any atom is -0.207 e. The largest absolute Gasteiger partial charge is 0.207 e. The van der Waals surface area contributed by atoms with Gasteiger partial charge >= 0.3 is 0 Å². The van der Waals surface area contributed by atoms with E-state index in [1.165, 1.54) is 23.5 Å². The lowest BCUT2D eigenvalue weighted by Crippen LogP contribution is -1.91. The molecule has 0 spiro atoms. The van der Waals surface area contributed by atoms with Crippen molar-refractivity contribution in [2.24, 2.45) is 0 Å². The first kappa shape index (κ1) is 10.9. The molecule has 78 valence electrons. The van der Waals surface area contributed by atoms with E-state index in [-0.39, 0.29) is 11.2 Å². The number of hydrogen-bond donors (Lipinski definition) is 0. The van der Waals surface area contributed by atoms with Gasteiger partial charge in [0.15, 0.2) is 0 Å². The molecule has 0 N–H and O–H groups in total. The molecule has 0 fully saturated rings. The number of benzene rings is 1. The van der Waals surface area contributed by atoms with Crippen molar-refractivity contribution in [1.82, 2.24) is 0 Å². The molecule has 4 heteroatoms. The summed E-state index contributed by atoms with van der Waals surface area (Å²) in [6, 6.07) is 8.03. The molecule has 1 unspecified atom stereocenters. The van der Waals surface area contributed by atoms with Gasteiger partial charge in [0.1, 0.15) is 5.82 Å². The number of hydrogen-bond acceptors (Lipinski definition) is 1. The molecule has 0 saturated heterocycles. The average Bonchev–Trinajstić information content (AvgIpc) is 2.63. The van der Waals surface area contributed by atoms with Crippen LogP contribution in [0.4, 0.5) is 4.39 Å². The molecule has 0 aliphatic rings. The molecule has 0 nitrogen and oxygen atoms in total. The van der Waals surface area contributed by atoms with Crippen molar-refractivity contribution < 1.29 is 4.39 Å². The fraction of sp³-hybridized carbons (Fsp3) is 0.0909. The van der Waals surface area contributed by atoms with Crippen molar-refractivity contribution in [3.8, 4) is 0 Å². The first-order chi connectivity index (χ1) is 7.18. The normalized spacial score (nSPS) is 12.7. The Morgan fingerprint density at radius 3 is 2.67 bits per heavy atom. The van der Waals surface area contributed by atoms with Crippen molar-refractivity contribution in [3.05, 3.63) is 57.0 Å². The third kappa shape index (κ3) is 2.33. The second-order valence-electron chi connectivity index (χ2n) is 3.05. The molecule has 1 atom stereocenters. The van der Waals surface area contributed by atoms with Crippen molar-refractivity contribution in [2.45, 2.75) is 5.38 Å². The second kappa shape index (κ2) is 4.52. The van der Waals surface area contributed by atoms with E-state index in [4.69, 9.17) is 23.2 Å². The quantitative estimate of drug-likeness (QED) is 0.676. The highest BCUT2D eigenvalue weighted by molar-refractivity contribution is 7.11. The summed E-state index contributed by atoms with van der Waals surface area (Å²) in [5, 5.41) is 2.12. The van der Waals surface area contributed by atoms with Crippen LogP contribution in [0, 0.1) is 5.82 Å². The molecule has 1 aromatic heterocycles. The van der Waals surface area contributed by atoms with Gasteiger partial charge in [-0.05, 0) is 29.1 Å². The highest BCUT2D eigenvalue weighted by Gasteiger charge is 2.15. The van der Waals surface area contributed by atoms with E-state index in [2.05, 4.69) is 0 Å². The number of rotatable bonds is 2. The molecule has 0 radical (unpaired) electrons. The van der Waals surface area contributed by atoms with Crippen LogP contribution in [0.15, 0.2) is 35.7 Å². The van der Waals surface area contributed by atoms with Gasteiger partial charge in [0, 0.05) is 4.88 Å². The topological polar surface area (TPSA) is 0 Å². The monoisotopic (exact) mass is 260 g/mol. The second-order valence-corrected chi connectivity index (χ2v) is 4.84. The summed E-state index contributed by atoms with van der Waals surface area (Å²) in [7, 11) is 0. The molecule has 2 rings (SSSR count). The molecule has 1 heterocycles. The van der Waals surface area contributed by atoms with Gasteiger partial charge < -0.3 is 0 Å². The lowest BCUT2D eigenvalue weighted by atomic mass is 10.1. The van der Waals surface area contributed by atoms with E-state index >= 15 is 0 Å². The van der Waals surface area contributed by atoms with Crippen molar-refractivity contribution in [3.63, 3.8) is 0 Å². The van der Waals surface area contributed by atoms with E-state index < -0.39 is 0 Å². The Morgan fingerprint density at radius 1 is 1.27 bits per heavy atom. The van der Waals surface area contributed by atoms with Crippen molar-refractivity contribution >= 4 is 34.5 Å². The van der Waals surface area contributed by atoms with Gasteiger partial charge in [-0.1, -0.05) is 23.7 Å². The summed E-state index contributed by atoms with van der Waals surface area (Å²) < 4.78 is 13.0. The zero-order chi connectivity index (χ0) is 10.8. The smallest absolute Gasteiger partial charge is 0.123 e. The minimum absolute atomic E-state index is 0.286. The van der Waals surface area contributed by atoms with Gasteiger partial charge in [0.2, 0.25) is 0 Å². The Labute approximate surface area is 101 Å². The summed E-state index contributed by atoms with van der Waals surface area (Å²) in [6.07, 6.45) is 0. The Morgan fingerprint density at radius 2 is 2.07 bits per heavy atom. The van der Waals surface area contributed by atoms with Gasteiger partial charge in [0.05, 0.1) is 10.4 Å². The van der Waals surface area contributed by atoms with E-state index in [9.17, 15) is 4.39 Å². The van der Waals surface area contributed by atoms with Gasteiger partial charge in [-0.3, -0.25) is 0 Å². The maximum Gasteiger partial charge on any atom is 0.123 e. The fourth-order valence-electron chi connectivity index (χ4n) is 1.30. The Bertz CT molecular complexity index is 467. The molecule has 1 aromatic carbocycles. The maximum absolute atomic E-state index is 13.0. The lowest BCUT2D eigenvalue weighted by molar-refractivity contribution is 0.626. The predicted molar refractivity (Wildman–Crippen MR) is 63.4 cm³/mol. The molecule has 0 saturated carbocycles. The first-order valence-electron chi connectivity index (χ1n) is 4.31. The predicted octanol–water partition coefficient (Wildman–Crippen LogP) is 4.87. The van der Waals surface area contributed by atoms with E-state index in [0.717, 1.165) is 10.4 Å². The molecular formula is C11H7Cl2FS. The van der Waals surface area contributed by atoms with Crippen LogP contribution in [0.25, 0.3) is 0 Å². The SMILES string of the molecule is Fc1cccc(C(Cl)c2sccc2Cl)c1. The van der Waals surface area contributed by atoms with Crippen LogP contribution in [0.3, 0.4) is 0 Å². The minimum atomic E-state index is -0.381. The summed E-state index contributed by atoms with van der Waals surface area (Å²) in [5.74, 6) is -0.286. The van der Waals surface area contributed by atoms with Crippen LogP contribution >= 0.6 is 34.5 Å². The average molecular weight is 261 g/mol. The Kier molecular flexibility index (Phi) is 3.29. The summed E-state index contributed by atoms with van der Waals surface area (Å²) >= 11 is 13.6. The van der Waals surface area contributed by atoms with Crippen molar-refractivity contribution in [1.29, 1.82) is 0 Å². The van der Waals surface area contributed by atoms with Gasteiger partial charge in [0.25, 0.3) is 0 Å². The lowest BCUT2D eigenvalue weighted by Gasteiger charge is -2.08. The number of halogens is 3. The van der Waals surface area contributed by atoms with Gasteiger partial charge in [-0.2, -0.15) is 0 Å². The maximum atomic E-state index is 13.0. The molecular weight excluding hydrogens is 254 g/mol. The highest BCUT2D eigenvalue weighted by Crippen LogP contribution is 2.37. The zero-order valence-electron chi connectivity index (χ0n) is 7.58. The molecule has 0 bridgehead atoms. The number of thiophene rings is 1. The van der Waals surface area contributed by atoms with Crippen LogP contribution in [-0.4, -0.2) is 0 Å². The van der Waals surface area contributed by atoms with E-state index in [0.29, 0.717) is 5.02 Å². The van der Waals surface area contributed by atoms with Crippen LogP contribution < -0.4 is 0 Å². The molecule has 2 aromatic rings. The molecule has 0 aliphatic carbocycles. The zero-order valence-corrected chi connectivity index (χ0v) is 9.91. The first-order valence-corrected chi connectivity index (χ1v) is 6.00. The van der Waals surface area contributed by atoms with E-state index in [1.54, 1.807) is 18.2 Å².